The number of rotatable bonds is 1. The normalized spacial score (nSPS) is 15.2. The lowest BCUT2D eigenvalue weighted by molar-refractivity contribution is 0.229. The smallest absolute Gasteiger partial charge is 0.0952 e. The molecule has 2 rings (SSSR count). The lowest BCUT2D eigenvalue weighted by atomic mass is 10.2. The zero-order chi connectivity index (χ0) is 10.1. The summed E-state index contributed by atoms with van der Waals surface area (Å²) in [6.45, 7) is -0.345. The van der Waals surface area contributed by atoms with Gasteiger partial charge in [0, 0.05) is 0 Å². The van der Waals surface area contributed by atoms with Gasteiger partial charge in [0.1, 0.15) is 0 Å². The fourth-order valence-corrected chi connectivity index (χ4v) is 1.36. The first-order chi connectivity index (χ1) is 6.74. The van der Waals surface area contributed by atoms with E-state index in [9.17, 15) is 10.4 Å². The molecule has 1 aliphatic heterocycles. The van der Waals surface area contributed by atoms with Crippen molar-refractivity contribution in [3.63, 3.8) is 0 Å². The molecule has 0 fully saturated rings. The van der Waals surface area contributed by atoms with Crippen LogP contribution in [0.2, 0.25) is 0 Å². The fourth-order valence-electron chi connectivity index (χ4n) is 1.36. The monoisotopic (exact) mass is 194 g/mol. The van der Waals surface area contributed by atoms with Gasteiger partial charge in [0.15, 0.2) is 0 Å². The SMILES string of the molecule is OCC1=CN(O)c2ccccc2N1O. The predicted octanol–water partition coefficient (Wildman–Crippen LogP) is 0.925. The van der Waals surface area contributed by atoms with Crippen LogP contribution in [0.15, 0.2) is 36.2 Å². The first-order valence-corrected chi connectivity index (χ1v) is 4.11. The van der Waals surface area contributed by atoms with Gasteiger partial charge in [-0.15, -0.1) is 0 Å². The summed E-state index contributed by atoms with van der Waals surface area (Å²) in [4.78, 5) is 0. The van der Waals surface area contributed by atoms with Gasteiger partial charge in [0.25, 0.3) is 0 Å². The number of hydroxylamine groups is 2. The molecule has 3 N–H and O–H groups in total. The van der Waals surface area contributed by atoms with E-state index in [1.54, 1.807) is 24.3 Å². The van der Waals surface area contributed by atoms with Crippen LogP contribution in [0.4, 0.5) is 11.4 Å². The number of para-hydroxylation sites is 2. The molecular weight excluding hydrogens is 184 g/mol. The van der Waals surface area contributed by atoms with Gasteiger partial charge < -0.3 is 5.11 Å². The molecule has 1 aromatic rings. The Morgan fingerprint density at radius 1 is 1.07 bits per heavy atom. The fraction of sp³-hybridized carbons (Fsp3) is 0.111. The maximum atomic E-state index is 9.61. The summed E-state index contributed by atoms with van der Waals surface area (Å²) >= 11 is 0. The molecule has 0 spiro atoms. The van der Waals surface area contributed by atoms with Crippen LogP contribution in [0, 0.1) is 0 Å². The summed E-state index contributed by atoms with van der Waals surface area (Å²) in [5.41, 5.74) is 1.11. The molecule has 0 amide bonds. The summed E-state index contributed by atoms with van der Waals surface area (Å²) in [5.74, 6) is 0. The average molecular weight is 194 g/mol. The minimum Gasteiger partial charge on any atom is -0.390 e. The molecule has 0 bridgehead atoms. The zero-order valence-electron chi connectivity index (χ0n) is 7.33. The van der Waals surface area contributed by atoms with E-state index in [-0.39, 0.29) is 12.3 Å². The highest BCUT2D eigenvalue weighted by atomic mass is 16.5. The molecule has 0 saturated heterocycles. The minimum atomic E-state index is -0.345. The molecule has 5 heteroatoms. The van der Waals surface area contributed by atoms with E-state index in [4.69, 9.17) is 5.11 Å². The molecule has 0 atom stereocenters. The van der Waals surface area contributed by atoms with E-state index >= 15 is 0 Å². The Bertz CT molecular complexity index is 378. The van der Waals surface area contributed by atoms with Crippen molar-refractivity contribution < 1.29 is 15.5 Å². The van der Waals surface area contributed by atoms with E-state index < -0.39 is 0 Å². The Morgan fingerprint density at radius 2 is 1.71 bits per heavy atom. The topological polar surface area (TPSA) is 67.2 Å². The molecule has 0 unspecified atom stereocenters. The Kier molecular flexibility index (Phi) is 2.12. The highest BCUT2D eigenvalue weighted by Gasteiger charge is 2.21. The molecule has 0 radical (unpaired) electrons. The third kappa shape index (κ3) is 1.24. The van der Waals surface area contributed by atoms with E-state index in [1.807, 2.05) is 0 Å². The second kappa shape index (κ2) is 3.30. The first-order valence-electron chi connectivity index (χ1n) is 4.11. The third-order valence-corrected chi connectivity index (χ3v) is 2.06. The largest absolute Gasteiger partial charge is 0.390 e. The van der Waals surface area contributed by atoms with Gasteiger partial charge in [-0.1, -0.05) is 12.1 Å². The van der Waals surface area contributed by atoms with Gasteiger partial charge in [0.2, 0.25) is 0 Å². The van der Waals surface area contributed by atoms with Gasteiger partial charge in [0.05, 0.1) is 29.9 Å². The molecule has 1 aliphatic rings. The van der Waals surface area contributed by atoms with E-state index in [2.05, 4.69) is 0 Å². The standard InChI is InChI=1S/C9H10N2O3/c12-6-7-5-10(13)8-3-1-2-4-9(8)11(7)14/h1-5,12-14H,6H2. The lowest BCUT2D eigenvalue weighted by Crippen LogP contribution is -2.29. The molecule has 14 heavy (non-hydrogen) atoms. The van der Waals surface area contributed by atoms with Crippen molar-refractivity contribution in [3.05, 3.63) is 36.2 Å². The van der Waals surface area contributed by atoms with Crippen molar-refractivity contribution in [1.82, 2.24) is 0 Å². The Balaban J connectivity index is 2.49. The summed E-state index contributed by atoms with van der Waals surface area (Å²) < 4.78 is 0. The number of hydrogen-bond donors (Lipinski definition) is 3. The Labute approximate surface area is 80.6 Å². The van der Waals surface area contributed by atoms with Gasteiger partial charge in [-0.05, 0) is 12.1 Å². The number of aliphatic hydroxyl groups excluding tert-OH is 1. The average Bonchev–Trinajstić information content (AvgIpc) is 2.23. The lowest BCUT2D eigenvalue weighted by Gasteiger charge is -2.29. The van der Waals surface area contributed by atoms with E-state index in [0.29, 0.717) is 11.4 Å². The second-order valence-corrected chi connectivity index (χ2v) is 2.92. The van der Waals surface area contributed by atoms with Crippen LogP contribution in [-0.4, -0.2) is 22.1 Å². The molecule has 0 saturated carbocycles. The Hall–Kier alpha value is -1.56. The van der Waals surface area contributed by atoms with Gasteiger partial charge in [-0.25, -0.2) is 10.1 Å². The van der Waals surface area contributed by atoms with E-state index in [0.717, 1.165) is 10.1 Å². The highest BCUT2D eigenvalue weighted by molar-refractivity contribution is 5.74. The van der Waals surface area contributed by atoms with Crippen LogP contribution in [0.5, 0.6) is 0 Å². The number of nitrogens with zero attached hydrogens (tertiary/aromatic N) is 2. The predicted molar refractivity (Wildman–Crippen MR) is 50.1 cm³/mol. The van der Waals surface area contributed by atoms with Crippen molar-refractivity contribution in [2.75, 3.05) is 16.7 Å². The summed E-state index contributed by atoms with van der Waals surface area (Å²) in [6, 6.07) is 6.77. The van der Waals surface area contributed by atoms with Crippen molar-refractivity contribution in [2.45, 2.75) is 0 Å². The van der Waals surface area contributed by atoms with Crippen LogP contribution < -0.4 is 10.1 Å². The number of aliphatic hydroxyl groups is 1. The van der Waals surface area contributed by atoms with Crippen molar-refractivity contribution in [3.8, 4) is 0 Å². The Morgan fingerprint density at radius 3 is 2.36 bits per heavy atom. The van der Waals surface area contributed by atoms with Crippen LogP contribution in [0.1, 0.15) is 0 Å². The van der Waals surface area contributed by atoms with Crippen LogP contribution in [0.3, 0.4) is 0 Å². The molecular formula is C9H10N2O3. The number of hydrogen-bond acceptors (Lipinski definition) is 5. The quantitative estimate of drug-likeness (QED) is 0.620. The summed E-state index contributed by atoms with van der Waals surface area (Å²) in [6.07, 6.45) is 1.25. The molecule has 74 valence electrons. The van der Waals surface area contributed by atoms with Crippen LogP contribution >= 0.6 is 0 Å². The van der Waals surface area contributed by atoms with Crippen molar-refractivity contribution in [1.29, 1.82) is 0 Å². The summed E-state index contributed by atoms with van der Waals surface area (Å²) in [5, 5.41) is 29.7. The third-order valence-electron chi connectivity index (χ3n) is 2.06. The molecule has 0 aliphatic carbocycles. The van der Waals surface area contributed by atoms with Crippen molar-refractivity contribution >= 4 is 11.4 Å². The maximum absolute atomic E-state index is 9.61. The van der Waals surface area contributed by atoms with Gasteiger partial charge in [-0.2, -0.15) is 0 Å². The van der Waals surface area contributed by atoms with E-state index in [1.165, 1.54) is 6.20 Å². The highest BCUT2D eigenvalue weighted by Crippen LogP contribution is 2.33. The minimum absolute atomic E-state index is 0.214. The maximum Gasteiger partial charge on any atom is 0.0952 e. The molecule has 1 heterocycles. The van der Waals surface area contributed by atoms with Crippen LogP contribution in [-0.2, 0) is 0 Å². The van der Waals surface area contributed by atoms with Gasteiger partial charge >= 0.3 is 0 Å². The van der Waals surface area contributed by atoms with Crippen LogP contribution in [0.25, 0.3) is 0 Å². The second-order valence-electron chi connectivity index (χ2n) is 2.92. The number of anilines is 2. The molecule has 0 aromatic heterocycles. The van der Waals surface area contributed by atoms with Crippen molar-refractivity contribution in [2.24, 2.45) is 0 Å². The number of fused-ring (bicyclic) bond motifs is 1. The van der Waals surface area contributed by atoms with Gasteiger partial charge in [-0.3, -0.25) is 10.4 Å². The number of benzene rings is 1. The zero-order valence-corrected chi connectivity index (χ0v) is 7.33. The molecule has 5 nitrogen and oxygen atoms in total. The summed E-state index contributed by atoms with van der Waals surface area (Å²) in [7, 11) is 0. The first kappa shape index (κ1) is 9.01. The molecule has 1 aromatic carbocycles.